The van der Waals surface area contributed by atoms with E-state index >= 15 is 0 Å². The molecule has 0 fully saturated rings. The molecule has 0 heterocycles. The first-order chi connectivity index (χ1) is 6.93. The van der Waals surface area contributed by atoms with Crippen LogP contribution in [0.15, 0.2) is 16.6 Å². The third kappa shape index (κ3) is 3.10. The molecule has 0 spiro atoms. The maximum absolute atomic E-state index is 12.1. The van der Waals surface area contributed by atoms with Gasteiger partial charge < -0.3 is 4.74 Å². The number of rotatable bonds is 3. The summed E-state index contributed by atoms with van der Waals surface area (Å²) in [6.07, 6.45) is 0. The summed E-state index contributed by atoms with van der Waals surface area (Å²) in [7, 11) is 0. The van der Waals surface area contributed by atoms with Gasteiger partial charge >= 0.3 is 6.61 Å². The Hall–Kier alpha value is -0.240. The number of benzene rings is 1. The van der Waals surface area contributed by atoms with Crippen LogP contribution in [0.25, 0.3) is 0 Å². The van der Waals surface area contributed by atoms with Gasteiger partial charge in [0, 0.05) is 4.47 Å². The lowest BCUT2D eigenvalue weighted by atomic mass is 10.1. The number of halogens is 4. The lowest BCUT2D eigenvalue weighted by Crippen LogP contribution is -2.08. The Kier molecular flexibility index (Phi) is 4.45. The Balaban J connectivity index is 3.28. The van der Waals surface area contributed by atoms with E-state index in [1.54, 1.807) is 6.07 Å². The molecular formula is C9H6BrF2IO2. The first-order valence-electron chi connectivity index (χ1n) is 3.87. The second kappa shape index (κ2) is 5.20. The predicted molar refractivity (Wildman–Crippen MR) is 63.5 cm³/mol. The molecule has 0 N–H and O–H groups in total. The molecule has 0 amide bonds. The van der Waals surface area contributed by atoms with Gasteiger partial charge in [0.15, 0.2) is 11.5 Å². The number of ketones is 1. The first kappa shape index (κ1) is 12.8. The van der Waals surface area contributed by atoms with Crippen LogP contribution in [0.5, 0.6) is 5.75 Å². The quantitative estimate of drug-likeness (QED) is 0.578. The minimum atomic E-state index is -2.94. The Morgan fingerprint density at radius 1 is 1.53 bits per heavy atom. The van der Waals surface area contributed by atoms with Gasteiger partial charge in [-0.2, -0.15) is 8.78 Å². The van der Waals surface area contributed by atoms with E-state index in [1.165, 1.54) is 13.0 Å². The maximum atomic E-state index is 12.1. The van der Waals surface area contributed by atoms with Gasteiger partial charge in [0.1, 0.15) is 0 Å². The monoisotopic (exact) mass is 390 g/mol. The van der Waals surface area contributed by atoms with Crippen molar-refractivity contribution in [3.8, 4) is 5.75 Å². The molecule has 2 nitrogen and oxygen atoms in total. The number of alkyl halides is 2. The molecule has 0 bridgehead atoms. The van der Waals surface area contributed by atoms with Crippen molar-refractivity contribution in [1.82, 2.24) is 0 Å². The molecule has 0 radical (unpaired) electrons. The van der Waals surface area contributed by atoms with Gasteiger partial charge in [0.2, 0.25) is 0 Å². The van der Waals surface area contributed by atoms with Crippen LogP contribution in [0.1, 0.15) is 17.3 Å². The van der Waals surface area contributed by atoms with Crippen molar-refractivity contribution in [3.05, 3.63) is 25.7 Å². The molecule has 0 aliphatic rings. The SMILES string of the molecule is CC(=O)c1ccc(Br)c(I)c1OC(F)F. The molecule has 1 aromatic rings. The average Bonchev–Trinajstić information content (AvgIpc) is 2.12. The van der Waals surface area contributed by atoms with Crippen LogP contribution >= 0.6 is 38.5 Å². The minimum absolute atomic E-state index is 0.0764. The second-order valence-electron chi connectivity index (χ2n) is 2.67. The largest absolute Gasteiger partial charge is 0.433 e. The van der Waals surface area contributed by atoms with Gasteiger partial charge in [-0.15, -0.1) is 0 Å². The van der Waals surface area contributed by atoms with Crippen LogP contribution in [0.3, 0.4) is 0 Å². The predicted octanol–water partition coefficient (Wildman–Crippen LogP) is 3.86. The second-order valence-corrected chi connectivity index (χ2v) is 4.61. The summed E-state index contributed by atoms with van der Waals surface area (Å²) < 4.78 is 29.6. The van der Waals surface area contributed by atoms with E-state index in [1.807, 2.05) is 22.6 Å². The number of carbonyl (C=O) groups excluding carboxylic acids is 1. The highest BCUT2D eigenvalue weighted by atomic mass is 127. The third-order valence-corrected chi connectivity index (χ3v) is 4.11. The van der Waals surface area contributed by atoms with E-state index in [0.717, 1.165) is 0 Å². The van der Waals surface area contributed by atoms with Gasteiger partial charge in [-0.05, 0) is 57.6 Å². The van der Waals surface area contributed by atoms with E-state index in [4.69, 9.17) is 0 Å². The van der Waals surface area contributed by atoms with Gasteiger partial charge in [0.05, 0.1) is 9.13 Å². The summed E-state index contributed by atoms with van der Waals surface area (Å²) >= 11 is 5.02. The number of ether oxygens (including phenoxy) is 1. The normalized spacial score (nSPS) is 10.5. The Morgan fingerprint density at radius 2 is 2.13 bits per heavy atom. The molecule has 82 valence electrons. The summed E-state index contributed by atoms with van der Waals surface area (Å²) in [6, 6.07) is 3.07. The zero-order chi connectivity index (χ0) is 11.6. The standard InChI is InChI=1S/C9H6BrF2IO2/c1-4(14)5-2-3-6(10)7(13)8(5)15-9(11)12/h2-3,9H,1H3. The zero-order valence-electron chi connectivity index (χ0n) is 7.56. The smallest absolute Gasteiger partial charge is 0.387 e. The highest BCUT2D eigenvalue weighted by Gasteiger charge is 2.17. The molecule has 0 aliphatic carbocycles. The molecule has 6 heteroatoms. The molecule has 1 aromatic carbocycles. The number of Topliss-reactive ketones (excluding diaryl/α,β-unsaturated/α-hetero) is 1. The molecule has 15 heavy (non-hydrogen) atoms. The molecule has 0 aliphatic heterocycles. The Bertz CT molecular complexity index is 396. The van der Waals surface area contributed by atoms with Crippen LogP contribution in [-0.4, -0.2) is 12.4 Å². The molecule has 0 saturated heterocycles. The van der Waals surface area contributed by atoms with Crippen molar-refractivity contribution in [2.24, 2.45) is 0 Å². The zero-order valence-corrected chi connectivity index (χ0v) is 11.3. The summed E-state index contributed by atoms with van der Waals surface area (Å²) in [4.78, 5) is 11.2. The highest BCUT2D eigenvalue weighted by molar-refractivity contribution is 14.1. The molecule has 0 atom stereocenters. The number of carbonyl (C=O) groups is 1. The van der Waals surface area contributed by atoms with Crippen molar-refractivity contribution in [3.63, 3.8) is 0 Å². The van der Waals surface area contributed by atoms with Crippen molar-refractivity contribution >= 4 is 44.3 Å². The van der Waals surface area contributed by atoms with Crippen LogP contribution < -0.4 is 4.74 Å². The molecular weight excluding hydrogens is 385 g/mol. The van der Waals surface area contributed by atoms with Crippen molar-refractivity contribution in [2.45, 2.75) is 13.5 Å². The summed E-state index contributed by atoms with van der Waals surface area (Å²) in [5.41, 5.74) is 0.155. The summed E-state index contributed by atoms with van der Waals surface area (Å²) in [5, 5.41) is 0. The minimum Gasteiger partial charge on any atom is -0.433 e. The van der Waals surface area contributed by atoms with Crippen LogP contribution in [0.4, 0.5) is 8.78 Å². The van der Waals surface area contributed by atoms with E-state index in [2.05, 4.69) is 20.7 Å². The van der Waals surface area contributed by atoms with E-state index < -0.39 is 6.61 Å². The third-order valence-electron chi connectivity index (χ3n) is 1.64. The molecule has 1 rings (SSSR count). The van der Waals surface area contributed by atoms with Crippen molar-refractivity contribution in [1.29, 1.82) is 0 Å². The topological polar surface area (TPSA) is 26.3 Å². The molecule has 0 saturated carbocycles. The number of hydrogen-bond acceptors (Lipinski definition) is 2. The van der Waals surface area contributed by atoms with Gasteiger partial charge in [-0.1, -0.05) is 0 Å². The summed E-state index contributed by atoms with van der Waals surface area (Å²) in [6.45, 7) is -1.64. The van der Waals surface area contributed by atoms with Crippen LogP contribution in [0.2, 0.25) is 0 Å². The summed E-state index contributed by atoms with van der Waals surface area (Å²) in [5.74, 6) is -0.386. The van der Waals surface area contributed by atoms with E-state index in [0.29, 0.717) is 8.04 Å². The fourth-order valence-corrected chi connectivity index (χ4v) is 1.92. The van der Waals surface area contributed by atoms with Crippen LogP contribution in [-0.2, 0) is 0 Å². The fraction of sp³-hybridized carbons (Fsp3) is 0.222. The van der Waals surface area contributed by atoms with Crippen LogP contribution in [0, 0.1) is 3.57 Å². The van der Waals surface area contributed by atoms with Gasteiger partial charge in [0.25, 0.3) is 0 Å². The lowest BCUT2D eigenvalue weighted by Gasteiger charge is -2.11. The van der Waals surface area contributed by atoms with Gasteiger partial charge in [-0.25, -0.2) is 0 Å². The van der Waals surface area contributed by atoms with Crippen molar-refractivity contribution < 1.29 is 18.3 Å². The molecule has 0 unspecified atom stereocenters. The Morgan fingerprint density at radius 3 is 2.60 bits per heavy atom. The van der Waals surface area contributed by atoms with Gasteiger partial charge in [-0.3, -0.25) is 4.79 Å². The maximum Gasteiger partial charge on any atom is 0.387 e. The van der Waals surface area contributed by atoms with E-state index in [9.17, 15) is 13.6 Å². The number of hydrogen-bond donors (Lipinski definition) is 0. The molecule has 0 aromatic heterocycles. The highest BCUT2D eigenvalue weighted by Crippen LogP contribution is 2.33. The average molecular weight is 391 g/mol. The lowest BCUT2D eigenvalue weighted by molar-refractivity contribution is -0.0507. The fourth-order valence-electron chi connectivity index (χ4n) is 1.01. The Labute approximate surface area is 107 Å². The first-order valence-corrected chi connectivity index (χ1v) is 5.74. The van der Waals surface area contributed by atoms with Crippen molar-refractivity contribution in [2.75, 3.05) is 0 Å². The van der Waals surface area contributed by atoms with E-state index in [-0.39, 0.29) is 17.1 Å².